The van der Waals surface area contributed by atoms with E-state index in [9.17, 15) is 4.79 Å². The number of methoxy groups -OCH3 is 1. The van der Waals surface area contributed by atoms with Crippen molar-refractivity contribution in [3.05, 3.63) is 84.2 Å². The molecule has 0 fully saturated rings. The van der Waals surface area contributed by atoms with Crippen LogP contribution in [0, 0.1) is 0 Å². The Bertz CT molecular complexity index is 795. The van der Waals surface area contributed by atoms with Crippen molar-refractivity contribution in [1.82, 2.24) is 9.88 Å². The monoisotopic (exact) mass is 306 g/mol. The molecule has 0 aliphatic heterocycles. The Morgan fingerprint density at radius 1 is 1.04 bits per heavy atom. The first-order valence-electron chi connectivity index (χ1n) is 7.41. The van der Waals surface area contributed by atoms with Crippen LogP contribution in [0.5, 0.6) is 5.75 Å². The van der Waals surface area contributed by atoms with Crippen molar-refractivity contribution in [3.8, 4) is 11.4 Å². The van der Waals surface area contributed by atoms with Gasteiger partial charge in [-0.2, -0.15) is 0 Å². The predicted molar refractivity (Wildman–Crippen MR) is 89.9 cm³/mol. The molecule has 4 nitrogen and oxygen atoms in total. The van der Waals surface area contributed by atoms with Gasteiger partial charge in [-0.1, -0.05) is 24.3 Å². The van der Waals surface area contributed by atoms with Crippen LogP contribution >= 0.6 is 0 Å². The maximum atomic E-state index is 12.4. The number of nitrogens with zero attached hydrogens (tertiary/aromatic N) is 1. The number of ether oxygens (including phenoxy) is 1. The molecule has 0 aliphatic rings. The zero-order valence-electron chi connectivity index (χ0n) is 12.9. The highest BCUT2D eigenvalue weighted by Gasteiger charge is 2.08. The number of nitrogens with one attached hydrogen (secondary N) is 1. The number of benzene rings is 2. The largest absolute Gasteiger partial charge is 0.496 e. The highest BCUT2D eigenvalue weighted by atomic mass is 16.5. The van der Waals surface area contributed by atoms with E-state index in [1.54, 1.807) is 7.11 Å². The smallest absolute Gasteiger partial charge is 0.251 e. The molecule has 0 spiro atoms. The topological polar surface area (TPSA) is 43.3 Å². The third kappa shape index (κ3) is 3.43. The van der Waals surface area contributed by atoms with Crippen molar-refractivity contribution >= 4 is 5.91 Å². The van der Waals surface area contributed by atoms with Crippen molar-refractivity contribution in [1.29, 1.82) is 0 Å². The summed E-state index contributed by atoms with van der Waals surface area (Å²) in [6.07, 6.45) is 3.90. The average Bonchev–Trinajstić information content (AvgIpc) is 3.14. The van der Waals surface area contributed by atoms with Crippen LogP contribution in [0.1, 0.15) is 15.9 Å². The van der Waals surface area contributed by atoms with Gasteiger partial charge in [0.05, 0.1) is 7.11 Å². The lowest BCUT2D eigenvalue weighted by Crippen LogP contribution is -2.23. The molecule has 0 aliphatic carbocycles. The van der Waals surface area contributed by atoms with Crippen LogP contribution in [0.25, 0.3) is 5.69 Å². The molecule has 2 aromatic carbocycles. The quantitative estimate of drug-likeness (QED) is 0.785. The first-order valence-corrected chi connectivity index (χ1v) is 7.41. The van der Waals surface area contributed by atoms with Crippen LogP contribution in [-0.2, 0) is 6.54 Å². The number of hydrogen-bond donors (Lipinski definition) is 1. The molecule has 3 rings (SSSR count). The van der Waals surface area contributed by atoms with Crippen LogP contribution in [0.4, 0.5) is 0 Å². The minimum absolute atomic E-state index is 0.107. The minimum Gasteiger partial charge on any atom is -0.496 e. The maximum absolute atomic E-state index is 12.4. The second-order valence-electron chi connectivity index (χ2n) is 5.14. The summed E-state index contributed by atoms with van der Waals surface area (Å²) in [5.74, 6) is 0.666. The molecule has 0 saturated heterocycles. The van der Waals surface area contributed by atoms with E-state index in [1.807, 2.05) is 77.6 Å². The summed E-state index contributed by atoms with van der Waals surface area (Å²) in [5.41, 5.74) is 2.54. The number of aromatic nitrogens is 1. The number of carbonyl (C=O) groups excluding carboxylic acids is 1. The lowest BCUT2D eigenvalue weighted by Gasteiger charge is -2.10. The van der Waals surface area contributed by atoms with Gasteiger partial charge >= 0.3 is 0 Å². The Hall–Kier alpha value is -3.01. The lowest BCUT2D eigenvalue weighted by atomic mass is 10.1. The summed E-state index contributed by atoms with van der Waals surface area (Å²) in [7, 11) is 1.63. The highest BCUT2D eigenvalue weighted by molar-refractivity contribution is 5.94. The SMILES string of the molecule is COc1ccccc1CNC(=O)c1cccc(-n2cccc2)c1. The molecule has 1 amide bonds. The minimum atomic E-state index is -0.107. The molecule has 0 atom stereocenters. The van der Waals surface area contributed by atoms with Crippen LogP contribution in [0.3, 0.4) is 0 Å². The Morgan fingerprint density at radius 2 is 1.83 bits per heavy atom. The van der Waals surface area contributed by atoms with Gasteiger partial charge in [0.2, 0.25) is 0 Å². The fraction of sp³-hybridized carbons (Fsp3) is 0.105. The summed E-state index contributed by atoms with van der Waals surface area (Å²) in [4.78, 5) is 12.4. The van der Waals surface area contributed by atoms with E-state index in [-0.39, 0.29) is 5.91 Å². The first-order chi connectivity index (χ1) is 11.3. The molecule has 3 aromatic rings. The fourth-order valence-corrected chi connectivity index (χ4v) is 2.44. The van der Waals surface area contributed by atoms with E-state index in [0.717, 1.165) is 17.0 Å². The lowest BCUT2D eigenvalue weighted by molar-refractivity contribution is 0.0950. The fourth-order valence-electron chi connectivity index (χ4n) is 2.44. The zero-order valence-corrected chi connectivity index (χ0v) is 12.9. The predicted octanol–water partition coefficient (Wildman–Crippen LogP) is 3.42. The van der Waals surface area contributed by atoms with E-state index < -0.39 is 0 Å². The number of carbonyl (C=O) groups is 1. The second kappa shape index (κ2) is 6.83. The van der Waals surface area contributed by atoms with E-state index in [4.69, 9.17) is 4.74 Å². The van der Waals surface area contributed by atoms with E-state index in [2.05, 4.69) is 5.32 Å². The third-order valence-electron chi connectivity index (χ3n) is 3.64. The van der Waals surface area contributed by atoms with Crippen LogP contribution in [-0.4, -0.2) is 17.6 Å². The molecule has 1 heterocycles. The van der Waals surface area contributed by atoms with Gasteiger partial charge in [-0.25, -0.2) is 0 Å². The van der Waals surface area contributed by atoms with Crippen LogP contribution in [0.2, 0.25) is 0 Å². The molecule has 23 heavy (non-hydrogen) atoms. The van der Waals surface area contributed by atoms with Crippen molar-refractivity contribution < 1.29 is 9.53 Å². The summed E-state index contributed by atoms with van der Waals surface area (Å²) < 4.78 is 7.27. The highest BCUT2D eigenvalue weighted by Crippen LogP contribution is 2.17. The van der Waals surface area contributed by atoms with E-state index in [1.165, 1.54) is 0 Å². The Balaban J connectivity index is 1.72. The molecule has 0 radical (unpaired) electrons. The number of amides is 1. The number of hydrogen-bond acceptors (Lipinski definition) is 2. The van der Waals surface area contributed by atoms with Gasteiger partial charge in [0.1, 0.15) is 5.75 Å². The number of para-hydroxylation sites is 1. The molecule has 0 bridgehead atoms. The van der Waals surface area contributed by atoms with Crippen LogP contribution < -0.4 is 10.1 Å². The number of rotatable bonds is 5. The average molecular weight is 306 g/mol. The molecule has 0 unspecified atom stereocenters. The van der Waals surface area contributed by atoms with E-state index in [0.29, 0.717) is 12.1 Å². The van der Waals surface area contributed by atoms with Gasteiger partial charge in [-0.3, -0.25) is 4.79 Å². The first kappa shape index (κ1) is 14.9. The molecule has 116 valence electrons. The van der Waals surface area contributed by atoms with E-state index >= 15 is 0 Å². The normalized spacial score (nSPS) is 10.3. The second-order valence-corrected chi connectivity index (χ2v) is 5.14. The van der Waals surface area contributed by atoms with Gasteiger partial charge in [0, 0.05) is 35.8 Å². The summed E-state index contributed by atoms with van der Waals surface area (Å²) >= 11 is 0. The molecule has 1 N–H and O–H groups in total. The standard InChI is InChI=1S/C19H18N2O2/c1-23-18-10-3-2-7-16(18)14-20-19(22)15-8-6-9-17(13-15)21-11-4-5-12-21/h2-13H,14H2,1H3,(H,20,22). The Morgan fingerprint density at radius 3 is 2.61 bits per heavy atom. The van der Waals surface area contributed by atoms with Gasteiger partial charge in [0.25, 0.3) is 5.91 Å². The molecular formula is C19H18N2O2. The van der Waals surface area contributed by atoms with Gasteiger partial charge in [-0.05, 0) is 36.4 Å². The Labute approximate surface area is 135 Å². The zero-order chi connectivity index (χ0) is 16.1. The van der Waals surface area contributed by atoms with Gasteiger partial charge < -0.3 is 14.6 Å². The third-order valence-corrected chi connectivity index (χ3v) is 3.64. The summed E-state index contributed by atoms with van der Waals surface area (Å²) in [6, 6.07) is 19.1. The van der Waals surface area contributed by atoms with Crippen molar-refractivity contribution in [2.75, 3.05) is 7.11 Å². The molecular weight excluding hydrogens is 288 g/mol. The van der Waals surface area contributed by atoms with Gasteiger partial charge in [-0.15, -0.1) is 0 Å². The van der Waals surface area contributed by atoms with Crippen molar-refractivity contribution in [3.63, 3.8) is 0 Å². The Kier molecular flexibility index (Phi) is 4.43. The molecule has 1 aromatic heterocycles. The molecule has 4 heteroatoms. The van der Waals surface area contributed by atoms with Crippen molar-refractivity contribution in [2.24, 2.45) is 0 Å². The summed E-state index contributed by atoms with van der Waals surface area (Å²) in [5, 5.41) is 2.93. The van der Waals surface area contributed by atoms with Gasteiger partial charge in [0.15, 0.2) is 0 Å². The van der Waals surface area contributed by atoms with Crippen LogP contribution in [0.15, 0.2) is 73.1 Å². The molecule has 0 saturated carbocycles. The summed E-state index contributed by atoms with van der Waals surface area (Å²) in [6.45, 7) is 0.427. The van der Waals surface area contributed by atoms with Crippen molar-refractivity contribution in [2.45, 2.75) is 6.54 Å². The maximum Gasteiger partial charge on any atom is 0.251 e.